The number of benzene rings is 8. The monoisotopic (exact) mass is 829 g/mol. The van der Waals surface area contributed by atoms with Crippen molar-refractivity contribution in [1.29, 1.82) is 0 Å². The molecule has 2 unspecified atom stereocenters. The van der Waals surface area contributed by atoms with Gasteiger partial charge in [-0.2, -0.15) is 0 Å². The summed E-state index contributed by atoms with van der Waals surface area (Å²) in [5.74, 6) is -1.67. The van der Waals surface area contributed by atoms with E-state index in [-0.39, 0.29) is 7.25 Å². The molecule has 0 aromatic heterocycles. The van der Waals surface area contributed by atoms with E-state index in [1.54, 1.807) is 0 Å². The van der Waals surface area contributed by atoms with E-state index < -0.39 is 21.5 Å². The molecule has 54 heavy (non-hydrogen) atoms. The second-order valence-corrected chi connectivity index (χ2v) is 58.6. The zero-order chi connectivity index (χ0) is 37.0. The Labute approximate surface area is 326 Å². The summed E-state index contributed by atoms with van der Waals surface area (Å²) in [5.41, 5.74) is 12.9. The molecule has 8 aromatic carbocycles. The zero-order valence-electron chi connectivity index (χ0n) is 31.0. The first kappa shape index (κ1) is 34.5. The van der Waals surface area contributed by atoms with Gasteiger partial charge in [-0.1, -0.05) is 0 Å². The van der Waals surface area contributed by atoms with Gasteiger partial charge in [-0.05, 0) is 0 Å². The van der Waals surface area contributed by atoms with Crippen LogP contribution in [-0.2, 0) is 15.6 Å². The van der Waals surface area contributed by atoms with Crippen LogP contribution in [0.5, 0.6) is 0 Å². The van der Waals surface area contributed by atoms with E-state index >= 15 is 0 Å². The first-order valence-electron chi connectivity index (χ1n) is 19.1. The van der Waals surface area contributed by atoms with Crippen LogP contribution in [0.1, 0.15) is 43.4 Å². The van der Waals surface area contributed by atoms with Crippen LogP contribution >= 0.6 is 17.0 Å². The van der Waals surface area contributed by atoms with Gasteiger partial charge in [0.15, 0.2) is 0 Å². The molecule has 0 spiro atoms. The van der Waals surface area contributed by atoms with Crippen LogP contribution < -0.4 is 0 Å². The standard InChI is InChI=1S/2C24H17.C2H7Si.2ClH.Zr/c2*1-16-12-19-8-4-10-21(23(19)13-16)22-11-5-9-20-14-17-6-2-3-7-18(17)15-24(20)22;1-3-2;;;/h2*2-15H,1H3;3H,1-2H3;2*1H;/q;;;;;+2/p-2. The van der Waals surface area contributed by atoms with E-state index in [9.17, 15) is 0 Å². The Balaban J connectivity index is 1.14. The topological polar surface area (TPSA) is 0 Å². The number of fused-ring (bicyclic) bond motifs is 6. The van der Waals surface area contributed by atoms with E-state index in [2.05, 4.69) is 185 Å². The molecule has 0 fully saturated rings. The molecule has 0 heterocycles. The van der Waals surface area contributed by atoms with Crippen LogP contribution in [0, 0.1) is 0 Å². The Bertz CT molecular complexity index is 2760. The van der Waals surface area contributed by atoms with Crippen LogP contribution in [0.3, 0.4) is 0 Å². The number of rotatable bonds is 5. The molecule has 2 aliphatic carbocycles. The van der Waals surface area contributed by atoms with E-state index in [0.717, 1.165) is 0 Å². The zero-order valence-corrected chi connectivity index (χ0v) is 36.1. The molecule has 0 nitrogen and oxygen atoms in total. The normalized spacial score (nSPS) is 17.5. The van der Waals surface area contributed by atoms with Crippen LogP contribution in [0.15, 0.2) is 157 Å². The quantitative estimate of drug-likeness (QED) is 0.120. The number of hydrogen-bond acceptors (Lipinski definition) is 0. The number of hydrogen-bond donors (Lipinski definition) is 0. The molecule has 0 amide bonds. The molecule has 0 saturated heterocycles. The maximum absolute atomic E-state index is 8.66. The van der Waals surface area contributed by atoms with Gasteiger partial charge >= 0.3 is 329 Å². The molecule has 10 rings (SSSR count). The van der Waals surface area contributed by atoms with Gasteiger partial charge in [-0.15, -0.1) is 0 Å². The minimum absolute atomic E-state index is 0.0408. The molecule has 263 valence electrons. The van der Waals surface area contributed by atoms with Gasteiger partial charge in [0.1, 0.15) is 0 Å². The second-order valence-electron chi connectivity index (χ2n) is 16.1. The van der Waals surface area contributed by atoms with Crippen molar-refractivity contribution >= 4 is 78.2 Å². The summed E-state index contributed by atoms with van der Waals surface area (Å²) in [6.45, 7) is 9.46. The van der Waals surface area contributed by atoms with Crippen LogP contribution in [0.2, 0.25) is 13.1 Å². The van der Waals surface area contributed by atoms with Crippen molar-refractivity contribution in [1.82, 2.24) is 0 Å². The predicted molar refractivity (Wildman–Crippen MR) is 237 cm³/mol. The first-order chi connectivity index (χ1) is 26.1. The van der Waals surface area contributed by atoms with Crippen molar-refractivity contribution < 1.29 is 15.6 Å². The summed E-state index contributed by atoms with van der Waals surface area (Å²) in [6, 6.07) is 53.8. The average Bonchev–Trinajstić information content (AvgIpc) is 3.72. The van der Waals surface area contributed by atoms with Crippen molar-refractivity contribution in [2.45, 2.75) is 34.2 Å². The van der Waals surface area contributed by atoms with Gasteiger partial charge in [0, 0.05) is 0 Å². The molecule has 2 aliphatic rings. The Morgan fingerprint density at radius 3 is 1.19 bits per heavy atom. The second kappa shape index (κ2) is 12.5. The van der Waals surface area contributed by atoms with Crippen molar-refractivity contribution in [2.75, 3.05) is 0 Å². The fourth-order valence-corrected chi connectivity index (χ4v) is 43.2. The molecular formula is C50H41Cl2SiZr. The molecule has 8 aromatic rings. The molecule has 2 atom stereocenters. The fourth-order valence-electron chi connectivity index (χ4n) is 10.3. The summed E-state index contributed by atoms with van der Waals surface area (Å²) >= 11 is -4.87. The van der Waals surface area contributed by atoms with Gasteiger partial charge in [0.25, 0.3) is 0 Å². The Morgan fingerprint density at radius 1 is 0.426 bits per heavy atom. The van der Waals surface area contributed by atoms with Gasteiger partial charge in [0.2, 0.25) is 0 Å². The van der Waals surface area contributed by atoms with Crippen LogP contribution in [-0.4, -0.2) is 5.92 Å². The van der Waals surface area contributed by atoms with E-state index in [1.165, 1.54) is 98.7 Å². The Kier molecular flexibility index (Phi) is 7.97. The summed E-state index contributed by atoms with van der Waals surface area (Å²) in [4.78, 5) is 0. The van der Waals surface area contributed by atoms with Crippen molar-refractivity contribution in [3.63, 3.8) is 0 Å². The minimum atomic E-state index is -4.87. The molecule has 4 heteroatoms. The van der Waals surface area contributed by atoms with Gasteiger partial charge in [-0.25, -0.2) is 0 Å². The molecular weight excluding hydrogens is 791 g/mol. The number of halogens is 2. The summed E-state index contributed by atoms with van der Waals surface area (Å²) in [6.07, 6.45) is 4.85. The molecule has 0 saturated carbocycles. The third-order valence-electron chi connectivity index (χ3n) is 12.8. The summed E-state index contributed by atoms with van der Waals surface area (Å²) in [7, 11) is 17.3. The van der Waals surface area contributed by atoms with E-state index in [4.69, 9.17) is 17.0 Å². The van der Waals surface area contributed by atoms with Gasteiger partial charge in [0.05, 0.1) is 0 Å². The predicted octanol–water partition coefficient (Wildman–Crippen LogP) is 15.2. The average molecular weight is 832 g/mol. The van der Waals surface area contributed by atoms with E-state index in [0.29, 0.717) is 0 Å². The van der Waals surface area contributed by atoms with Gasteiger partial charge < -0.3 is 0 Å². The van der Waals surface area contributed by atoms with E-state index in [1.807, 2.05) is 0 Å². The number of allylic oxidation sites excluding steroid dienone is 2. The Morgan fingerprint density at radius 2 is 0.778 bits per heavy atom. The summed E-state index contributed by atoms with van der Waals surface area (Å²) < 4.78 is 0.0816. The molecule has 0 bridgehead atoms. The third-order valence-corrected chi connectivity index (χ3v) is 65.1. The first-order valence-corrected chi connectivity index (χ1v) is 35.5. The van der Waals surface area contributed by atoms with Crippen LogP contribution in [0.4, 0.5) is 0 Å². The van der Waals surface area contributed by atoms with Crippen molar-refractivity contribution in [2.24, 2.45) is 0 Å². The fraction of sp³-hybridized carbons (Fsp3) is 0.120. The molecule has 0 N–H and O–H groups in total. The third kappa shape index (κ3) is 4.96. The maximum atomic E-state index is 8.66. The van der Waals surface area contributed by atoms with Crippen molar-refractivity contribution in [3.8, 4) is 22.3 Å². The Hall–Kier alpha value is -4.04. The van der Waals surface area contributed by atoms with Crippen LogP contribution in [0.25, 0.3) is 77.5 Å². The van der Waals surface area contributed by atoms with Crippen molar-refractivity contribution in [3.05, 3.63) is 179 Å². The molecule has 0 aliphatic heterocycles. The molecule has 0 radical (unpaired) electrons. The van der Waals surface area contributed by atoms with Gasteiger partial charge in [-0.3, -0.25) is 0 Å². The SMILES string of the molecule is CC1=Cc2c(-c3cccc4cc5ccccc5cc34)cccc2[CH]1[Zr]([Cl])([Cl])([CH]1C(C)=Cc2c(-c3cccc4cc5ccccc5cc34)cccc21)[SiH](C)C. The summed E-state index contributed by atoms with van der Waals surface area (Å²) in [5, 5.41) is 10.1.